The maximum atomic E-state index is 3.48. The van der Waals surface area contributed by atoms with Crippen LogP contribution in [0, 0.1) is 11.3 Å². The number of hydrogen-bond donors (Lipinski definition) is 1. The molecule has 0 heterocycles. The summed E-state index contributed by atoms with van der Waals surface area (Å²) in [7, 11) is 2.11. The fraction of sp³-hybridized carbons (Fsp3) is 0.826. The summed E-state index contributed by atoms with van der Waals surface area (Å²) in [5.41, 5.74) is 7.56. The van der Waals surface area contributed by atoms with Gasteiger partial charge in [0.2, 0.25) is 0 Å². The predicted octanol–water partition coefficient (Wildman–Crippen LogP) is 6.90. The lowest BCUT2D eigenvalue weighted by atomic mass is 9.72. The van der Waals surface area contributed by atoms with Gasteiger partial charge in [-0.3, -0.25) is 0 Å². The lowest BCUT2D eigenvalue weighted by Gasteiger charge is -2.33. The average Bonchev–Trinajstić information content (AvgIpc) is 2.80. The summed E-state index contributed by atoms with van der Waals surface area (Å²) >= 11 is 0. The Kier molecular flexibility index (Phi) is 6.11. The van der Waals surface area contributed by atoms with E-state index in [9.17, 15) is 0 Å². The van der Waals surface area contributed by atoms with Crippen LogP contribution >= 0.6 is 0 Å². The lowest BCUT2D eigenvalue weighted by molar-refractivity contribution is 0.195. The largest absolute Gasteiger partial charge is 0.391 e. The zero-order valence-corrected chi connectivity index (χ0v) is 16.5. The number of rotatable bonds is 1. The van der Waals surface area contributed by atoms with Gasteiger partial charge >= 0.3 is 0 Å². The van der Waals surface area contributed by atoms with Crippen LogP contribution in [0.5, 0.6) is 0 Å². The molecule has 0 unspecified atom stereocenters. The van der Waals surface area contributed by atoms with Crippen molar-refractivity contribution in [2.24, 2.45) is 11.3 Å². The summed E-state index contributed by atoms with van der Waals surface area (Å²) in [6.45, 7) is 4.81. The van der Waals surface area contributed by atoms with E-state index in [4.69, 9.17) is 0 Å². The van der Waals surface area contributed by atoms with Crippen molar-refractivity contribution in [1.29, 1.82) is 0 Å². The maximum Gasteiger partial charge on any atom is 0.00933 e. The topological polar surface area (TPSA) is 12.0 Å². The van der Waals surface area contributed by atoms with Crippen LogP contribution in [0.25, 0.3) is 0 Å². The molecule has 3 aliphatic carbocycles. The minimum absolute atomic E-state index is 0.637. The molecule has 1 N–H and O–H groups in total. The van der Waals surface area contributed by atoms with Crippen molar-refractivity contribution in [3.8, 4) is 0 Å². The molecule has 1 heteroatoms. The first-order chi connectivity index (χ1) is 11.6. The van der Waals surface area contributed by atoms with Crippen LogP contribution in [-0.2, 0) is 0 Å². The zero-order valence-electron chi connectivity index (χ0n) is 16.5. The zero-order chi connectivity index (χ0) is 17.0. The van der Waals surface area contributed by atoms with Crippen molar-refractivity contribution in [2.45, 2.75) is 104 Å². The van der Waals surface area contributed by atoms with Gasteiger partial charge in [-0.2, -0.15) is 0 Å². The first-order valence-electron chi connectivity index (χ1n) is 10.7. The Morgan fingerprint density at radius 3 is 1.96 bits per heavy atom. The molecule has 1 spiro atoms. The van der Waals surface area contributed by atoms with Crippen molar-refractivity contribution < 1.29 is 0 Å². The Bertz CT molecular complexity index is 472. The van der Waals surface area contributed by atoms with E-state index < -0.39 is 0 Å². The first kappa shape index (κ1) is 18.1. The van der Waals surface area contributed by atoms with Gasteiger partial charge in [0, 0.05) is 12.7 Å². The molecule has 24 heavy (non-hydrogen) atoms. The molecule has 3 rings (SSSR count). The second kappa shape index (κ2) is 8.11. The van der Waals surface area contributed by atoms with Crippen LogP contribution in [-0.4, -0.2) is 7.05 Å². The molecular formula is C23H39N. The van der Waals surface area contributed by atoms with Crippen LogP contribution in [0.1, 0.15) is 104 Å². The van der Waals surface area contributed by atoms with Gasteiger partial charge < -0.3 is 5.32 Å². The van der Waals surface area contributed by atoms with Crippen LogP contribution in [0.15, 0.2) is 22.4 Å². The molecule has 136 valence electrons. The molecule has 1 nitrogen and oxygen atoms in total. The van der Waals surface area contributed by atoms with E-state index in [1.165, 1.54) is 95.6 Å². The first-order valence-corrected chi connectivity index (χ1v) is 10.7. The molecular weight excluding hydrogens is 290 g/mol. The molecule has 0 bridgehead atoms. The summed E-state index contributed by atoms with van der Waals surface area (Å²) in [6, 6.07) is 0. The molecule has 3 aliphatic rings. The third-order valence-electron chi connectivity index (χ3n) is 7.50. The maximum absolute atomic E-state index is 3.48. The SMILES string of the molecule is CNC1=C(C)CCC2(CCCC3=C(CCC2)CCC(C)CC3)CC1. The van der Waals surface area contributed by atoms with Gasteiger partial charge in [0.25, 0.3) is 0 Å². The normalized spacial score (nSPS) is 27.0. The molecule has 0 fully saturated rings. The Labute approximate surface area is 150 Å². The quantitative estimate of drug-likeness (QED) is 0.516. The highest BCUT2D eigenvalue weighted by molar-refractivity contribution is 5.18. The Balaban J connectivity index is 1.65. The van der Waals surface area contributed by atoms with Gasteiger partial charge in [0.05, 0.1) is 0 Å². The third kappa shape index (κ3) is 4.27. The fourth-order valence-electron chi connectivity index (χ4n) is 5.59. The van der Waals surface area contributed by atoms with Crippen molar-refractivity contribution in [1.82, 2.24) is 5.32 Å². The average molecular weight is 330 g/mol. The molecule has 0 saturated carbocycles. The van der Waals surface area contributed by atoms with Gasteiger partial charge in [-0.15, -0.1) is 0 Å². The van der Waals surface area contributed by atoms with E-state index >= 15 is 0 Å². The number of hydrogen-bond acceptors (Lipinski definition) is 1. The van der Waals surface area contributed by atoms with Gasteiger partial charge in [0.15, 0.2) is 0 Å². The standard InChI is InChI=1S/C23H39N/c1-18-8-10-20-6-4-14-23(15-5-7-21(20)11-9-18)16-12-19(2)22(24-3)13-17-23/h18,24H,4-17H2,1-3H3. The molecule has 0 radical (unpaired) electrons. The van der Waals surface area contributed by atoms with E-state index in [0.29, 0.717) is 5.41 Å². The highest BCUT2D eigenvalue weighted by atomic mass is 14.8. The predicted molar refractivity (Wildman–Crippen MR) is 105 cm³/mol. The lowest BCUT2D eigenvalue weighted by Crippen LogP contribution is -2.21. The van der Waals surface area contributed by atoms with Gasteiger partial charge in [-0.05, 0) is 108 Å². The van der Waals surface area contributed by atoms with Crippen LogP contribution < -0.4 is 5.32 Å². The summed E-state index contributed by atoms with van der Waals surface area (Å²) in [5.74, 6) is 0.947. The molecule has 0 aromatic heterocycles. The number of allylic oxidation sites excluding steroid dienone is 4. The van der Waals surface area contributed by atoms with Crippen molar-refractivity contribution in [3.05, 3.63) is 22.4 Å². The van der Waals surface area contributed by atoms with Crippen LogP contribution in [0.3, 0.4) is 0 Å². The molecule has 0 saturated heterocycles. The Hall–Kier alpha value is -0.720. The van der Waals surface area contributed by atoms with E-state index in [2.05, 4.69) is 26.2 Å². The van der Waals surface area contributed by atoms with Crippen molar-refractivity contribution in [2.75, 3.05) is 7.05 Å². The highest BCUT2D eigenvalue weighted by Crippen LogP contribution is 2.46. The molecule has 0 atom stereocenters. The molecule has 0 aliphatic heterocycles. The Morgan fingerprint density at radius 1 is 0.792 bits per heavy atom. The van der Waals surface area contributed by atoms with Crippen LogP contribution in [0.2, 0.25) is 0 Å². The van der Waals surface area contributed by atoms with Crippen molar-refractivity contribution in [3.63, 3.8) is 0 Å². The number of nitrogens with one attached hydrogen (secondary N) is 1. The summed E-state index contributed by atoms with van der Waals surface area (Å²) < 4.78 is 0. The fourth-order valence-corrected chi connectivity index (χ4v) is 5.59. The highest BCUT2D eigenvalue weighted by Gasteiger charge is 2.32. The summed E-state index contributed by atoms with van der Waals surface area (Å²) in [4.78, 5) is 0. The van der Waals surface area contributed by atoms with E-state index in [0.717, 1.165) is 5.92 Å². The van der Waals surface area contributed by atoms with Crippen LogP contribution in [0.4, 0.5) is 0 Å². The van der Waals surface area contributed by atoms with Crippen molar-refractivity contribution >= 4 is 0 Å². The molecule has 0 aromatic carbocycles. The molecule has 0 aromatic rings. The Morgan fingerprint density at radius 2 is 1.38 bits per heavy atom. The molecule has 0 amide bonds. The second-order valence-corrected chi connectivity index (χ2v) is 9.11. The van der Waals surface area contributed by atoms with E-state index in [-0.39, 0.29) is 0 Å². The van der Waals surface area contributed by atoms with E-state index in [1.807, 2.05) is 11.1 Å². The second-order valence-electron chi connectivity index (χ2n) is 9.11. The summed E-state index contributed by atoms with van der Waals surface area (Å²) in [6.07, 6.45) is 19.8. The minimum Gasteiger partial charge on any atom is -0.391 e. The monoisotopic (exact) mass is 329 g/mol. The smallest absolute Gasteiger partial charge is 0.00933 e. The third-order valence-corrected chi connectivity index (χ3v) is 7.50. The van der Waals surface area contributed by atoms with Gasteiger partial charge in [-0.25, -0.2) is 0 Å². The van der Waals surface area contributed by atoms with Gasteiger partial charge in [-0.1, -0.05) is 23.6 Å². The summed E-state index contributed by atoms with van der Waals surface area (Å²) in [5, 5.41) is 3.48. The van der Waals surface area contributed by atoms with Gasteiger partial charge in [0.1, 0.15) is 0 Å². The van der Waals surface area contributed by atoms with E-state index in [1.54, 1.807) is 5.57 Å². The minimum atomic E-state index is 0.637.